The van der Waals surface area contributed by atoms with Gasteiger partial charge < -0.3 is 4.57 Å². The maximum absolute atomic E-state index is 13.9. The lowest BCUT2D eigenvalue weighted by atomic mass is 10.2. The normalized spacial score (nSPS) is 11.6. The van der Waals surface area contributed by atoms with E-state index >= 15 is 0 Å². The van der Waals surface area contributed by atoms with Crippen LogP contribution in [0.2, 0.25) is 0 Å². The molecule has 23 heavy (non-hydrogen) atoms. The first-order valence-corrected chi connectivity index (χ1v) is 8.05. The molecule has 0 saturated heterocycles. The van der Waals surface area contributed by atoms with E-state index < -0.39 is 31.3 Å². The fourth-order valence-electron chi connectivity index (χ4n) is 1.96. The first kappa shape index (κ1) is 17.0. The Morgan fingerprint density at radius 3 is 2.74 bits per heavy atom. The first-order valence-electron chi connectivity index (χ1n) is 6.57. The topological polar surface area (TPSA) is 120 Å². The average molecular weight is 343 g/mol. The van der Waals surface area contributed by atoms with Crippen molar-refractivity contribution in [1.82, 2.24) is 19.5 Å². The molecule has 1 aromatic heterocycles. The standard InChI is InChI=1S/C12H14FN5O4S/c1-3-17-7-14-16-12(17)6-15-23(21,22)11-4-8(2)10(18(19)20)5-9(11)13/h4-5,7,15H,3,6H2,1-2H3. The molecule has 9 nitrogen and oxygen atoms in total. The molecule has 0 aliphatic carbocycles. The van der Waals surface area contributed by atoms with Gasteiger partial charge in [0.1, 0.15) is 22.9 Å². The summed E-state index contributed by atoms with van der Waals surface area (Å²) in [5, 5.41) is 18.2. The fourth-order valence-corrected chi connectivity index (χ4v) is 3.09. The highest BCUT2D eigenvalue weighted by molar-refractivity contribution is 7.89. The molecule has 0 amide bonds. The highest BCUT2D eigenvalue weighted by Gasteiger charge is 2.24. The molecule has 11 heteroatoms. The van der Waals surface area contributed by atoms with Crippen LogP contribution in [0.5, 0.6) is 0 Å². The summed E-state index contributed by atoms with van der Waals surface area (Å²) in [6.07, 6.45) is 1.44. The number of rotatable bonds is 6. The van der Waals surface area contributed by atoms with Gasteiger partial charge in [0, 0.05) is 12.1 Å². The number of nitrogens with zero attached hydrogens (tertiary/aromatic N) is 4. The van der Waals surface area contributed by atoms with Gasteiger partial charge in [0.25, 0.3) is 5.69 Å². The van der Waals surface area contributed by atoms with Crippen molar-refractivity contribution in [3.05, 3.63) is 45.8 Å². The third-order valence-corrected chi connectivity index (χ3v) is 4.61. The van der Waals surface area contributed by atoms with E-state index in [2.05, 4.69) is 14.9 Å². The van der Waals surface area contributed by atoms with Crippen molar-refractivity contribution in [2.24, 2.45) is 0 Å². The number of nitrogens with one attached hydrogen (secondary N) is 1. The highest BCUT2D eigenvalue weighted by atomic mass is 32.2. The smallest absolute Gasteiger partial charge is 0.275 e. The third kappa shape index (κ3) is 3.51. The molecule has 2 aromatic rings. The molecule has 0 bridgehead atoms. The van der Waals surface area contributed by atoms with Crippen LogP contribution < -0.4 is 4.72 Å². The SMILES string of the molecule is CCn1cnnc1CNS(=O)(=O)c1cc(C)c([N+](=O)[O-])cc1F. The van der Waals surface area contributed by atoms with Gasteiger partial charge in [-0.1, -0.05) is 0 Å². The Morgan fingerprint density at radius 1 is 1.43 bits per heavy atom. The zero-order valence-electron chi connectivity index (χ0n) is 12.4. The number of aromatic nitrogens is 3. The van der Waals surface area contributed by atoms with Gasteiger partial charge in [0.15, 0.2) is 0 Å². The van der Waals surface area contributed by atoms with E-state index in [1.165, 1.54) is 13.3 Å². The van der Waals surface area contributed by atoms with Crippen LogP contribution in [0.15, 0.2) is 23.4 Å². The minimum absolute atomic E-state index is 0.0495. The Labute approximate surface area is 131 Å². The highest BCUT2D eigenvalue weighted by Crippen LogP contribution is 2.25. The van der Waals surface area contributed by atoms with Crippen LogP contribution >= 0.6 is 0 Å². The van der Waals surface area contributed by atoms with E-state index in [1.807, 2.05) is 6.92 Å². The molecule has 0 radical (unpaired) electrons. The number of aryl methyl sites for hydroxylation is 2. The molecule has 0 spiro atoms. The number of hydrogen-bond acceptors (Lipinski definition) is 6. The molecule has 1 N–H and O–H groups in total. The summed E-state index contributed by atoms with van der Waals surface area (Å²) in [5.74, 6) is -0.818. The van der Waals surface area contributed by atoms with Gasteiger partial charge in [0.2, 0.25) is 10.0 Å². The predicted octanol–water partition coefficient (Wildman–Crippen LogP) is 1.13. The summed E-state index contributed by atoms with van der Waals surface area (Å²) < 4.78 is 42.2. The van der Waals surface area contributed by atoms with Crippen LogP contribution in [0, 0.1) is 22.9 Å². The van der Waals surface area contributed by atoms with E-state index in [9.17, 15) is 22.9 Å². The lowest BCUT2D eigenvalue weighted by Crippen LogP contribution is -2.26. The summed E-state index contributed by atoms with van der Waals surface area (Å²) in [5.41, 5.74) is -0.430. The largest absolute Gasteiger partial charge is 0.317 e. The summed E-state index contributed by atoms with van der Waals surface area (Å²) in [6, 6.07) is 1.53. The van der Waals surface area contributed by atoms with Crippen molar-refractivity contribution in [3.8, 4) is 0 Å². The lowest BCUT2D eigenvalue weighted by molar-refractivity contribution is -0.385. The summed E-state index contributed by atoms with van der Waals surface area (Å²) >= 11 is 0. The number of nitro benzene ring substituents is 1. The molecule has 124 valence electrons. The van der Waals surface area contributed by atoms with E-state index in [1.54, 1.807) is 4.57 Å². The second-order valence-electron chi connectivity index (χ2n) is 4.68. The maximum atomic E-state index is 13.9. The Morgan fingerprint density at radius 2 is 2.13 bits per heavy atom. The molecule has 0 aliphatic heterocycles. The van der Waals surface area contributed by atoms with Crippen LogP contribution in [-0.2, 0) is 23.1 Å². The van der Waals surface area contributed by atoms with Gasteiger partial charge in [-0.05, 0) is 19.9 Å². The molecule has 2 rings (SSSR count). The maximum Gasteiger partial charge on any atom is 0.275 e. The van der Waals surface area contributed by atoms with Gasteiger partial charge in [-0.2, -0.15) is 0 Å². The molecule has 0 unspecified atom stereocenters. The molecule has 0 atom stereocenters. The second-order valence-corrected chi connectivity index (χ2v) is 6.42. The molecule has 0 aliphatic rings. The van der Waals surface area contributed by atoms with Crippen molar-refractivity contribution < 1.29 is 17.7 Å². The van der Waals surface area contributed by atoms with E-state index in [0.29, 0.717) is 18.4 Å². The van der Waals surface area contributed by atoms with Crippen LogP contribution in [0.25, 0.3) is 0 Å². The predicted molar refractivity (Wildman–Crippen MR) is 77.5 cm³/mol. The van der Waals surface area contributed by atoms with Gasteiger partial charge in [-0.3, -0.25) is 10.1 Å². The van der Waals surface area contributed by atoms with E-state index in [4.69, 9.17) is 0 Å². The van der Waals surface area contributed by atoms with Crippen molar-refractivity contribution in [1.29, 1.82) is 0 Å². The zero-order valence-corrected chi connectivity index (χ0v) is 13.2. The van der Waals surface area contributed by atoms with Crippen LogP contribution in [0.4, 0.5) is 10.1 Å². The van der Waals surface area contributed by atoms with Crippen molar-refractivity contribution in [3.63, 3.8) is 0 Å². The van der Waals surface area contributed by atoms with Gasteiger partial charge in [0.05, 0.1) is 17.5 Å². The fraction of sp³-hybridized carbons (Fsp3) is 0.333. The van der Waals surface area contributed by atoms with Crippen LogP contribution in [0.1, 0.15) is 18.3 Å². The summed E-state index contributed by atoms with van der Waals surface area (Å²) in [4.78, 5) is 9.32. The molecule has 1 heterocycles. The monoisotopic (exact) mass is 343 g/mol. The zero-order chi connectivity index (χ0) is 17.2. The van der Waals surface area contributed by atoms with E-state index in [0.717, 1.165) is 6.07 Å². The first-order chi connectivity index (χ1) is 10.8. The Balaban J connectivity index is 2.29. The molecule has 0 fully saturated rings. The summed E-state index contributed by atoms with van der Waals surface area (Å²) in [6.45, 7) is 3.55. The van der Waals surface area contributed by atoms with Crippen LogP contribution in [0.3, 0.4) is 0 Å². The van der Waals surface area contributed by atoms with Gasteiger partial charge in [-0.15, -0.1) is 10.2 Å². The quantitative estimate of drug-likeness (QED) is 0.620. The molecule has 0 saturated carbocycles. The Hall–Kier alpha value is -2.40. The average Bonchev–Trinajstić information content (AvgIpc) is 2.94. The van der Waals surface area contributed by atoms with Crippen molar-refractivity contribution in [2.75, 3.05) is 0 Å². The second kappa shape index (κ2) is 6.38. The number of hydrogen-bond donors (Lipinski definition) is 1. The van der Waals surface area contributed by atoms with Gasteiger partial charge in [-0.25, -0.2) is 17.5 Å². The molecular formula is C12H14FN5O4S. The van der Waals surface area contributed by atoms with Crippen molar-refractivity contribution in [2.45, 2.75) is 31.8 Å². The van der Waals surface area contributed by atoms with E-state index in [-0.39, 0.29) is 12.1 Å². The Bertz CT molecular complexity index is 849. The third-order valence-electron chi connectivity index (χ3n) is 3.19. The summed E-state index contributed by atoms with van der Waals surface area (Å²) in [7, 11) is -4.19. The number of sulfonamides is 1. The minimum Gasteiger partial charge on any atom is -0.317 e. The number of benzene rings is 1. The number of nitro groups is 1. The minimum atomic E-state index is -4.19. The van der Waals surface area contributed by atoms with Crippen LogP contribution in [-0.4, -0.2) is 28.1 Å². The van der Waals surface area contributed by atoms with Crippen molar-refractivity contribution >= 4 is 15.7 Å². The molecule has 1 aromatic carbocycles. The lowest BCUT2D eigenvalue weighted by Gasteiger charge is -2.09. The Kier molecular flexibility index (Phi) is 4.71. The number of halogens is 1. The molecular weight excluding hydrogens is 329 g/mol. The van der Waals surface area contributed by atoms with Gasteiger partial charge >= 0.3 is 0 Å².